The highest BCUT2D eigenvalue weighted by Crippen LogP contribution is 2.58. The molecule has 3 amide bonds. The van der Waals surface area contributed by atoms with Gasteiger partial charge in [-0.1, -0.05) is 12.8 Å². The maximum absolute atomic E-state index is 13.9. The van der Waals surface area contributed by atoms with Gasteiger partial charge in [0.2, 0.25) is 17.7 Å². The number of carbonyl (C=O) groups excluding carboxylic acids is 4. The van der Waals surface area contributed by atoms with Gasteiger partial charge in [0.05, 0.1) is 24.0 Å². The molecule has 6 N–H and O–H groups in total. The third-order valence-corrected chi connectivity index (χ3v) is 10.7. The van der Waals surface area contributed by atoms with E-state index in [1.165, 1.54) is 19.2 Å². The normalized spacial score (nSPS) is 18.6. The molecular weight excluding hydrogens is 654 g/mol. The molecule has 3 heterocycles. The smallest absolute Gasteiger partial charge is 0.276 e. The summed E-state index contributed by atoms with van der Waals surface area (Å²) in [7, 11) is 1.86. The summed E-state index contributed by atoms with van der Waals surface area (Å²) in [6.07, 6.45) is 12.1. The van der Waals surface area contributed by atoms with E-state index >= 15 is 0 Å². The van der Waals surface area contributed by atoms with Crippen LogP contribution in [0.1, 0.15) is 99.5 Å². The molecule has 3 fully saturated rings. The molecule has 1 aliphatic heterocycles. The molecule has 0 aromatic carbocycles. The Hall–Kier alpha value is -4.37. The van der Waals surface area contributed by atoms with Crippen LogP contribution in [0.15, 0.2) is 23.3 Å². The van der Waals surface area contributed by atoms with E-state index in [0.717, 1.165) is 51.2 Å². The topological polar surface area (TPSA) is 200 Å². The van der Waals surface area contributed by atoms with Crippen molar-refractivity contribution in [2.75, 3.05) is 50.4 Å². The molecule has 2 aliphatic carbocycles. The second-order valence-electron chi connectivity index (χ2n) is 14.3. The summed E-state index contributed by atoms with van der Waals surface area (Å²) < 4.78 is 1.64. The van der Waals surface area contributed by atoms with Crippen molar-refractivity contribution in [1.29, 1.82) is 0 Å². The molecule has 5 rings (SSSR count). The lowest BCUT2D eigenvalue weighted by molar-refractivity contribution is -0.132. The Labute approximate surface area is 298 Å². The molecule has 1 spiro atoms. The second-order valence-corrected chi connectivity index (χ2v) is 14.3. The van der Waals surface area contributed by atoms with Gasteiger partial charge in [0.15, 0.2) is 6.29 Å². The average Bonchev–Trinajstić information content (AvgIpc) is 3.74. The van der Waals surface area contributed by atoms with Gasteiger partial charge < -0.3 is 31.3 Å². The Bertz CT molecular complexity index is 1610. The molecule has 15 nitrogen and oxygen atoms in total. The predicted molar refractivity (Wildman–Crippen MR) is 193 cm³/mol. The van der Waals surface area contributed by atoms with Crippen molar-refractivity contribution < 1.29 is 24.3 Å². The van der Waals surface area contributed by atoms with Crippen LogP contribution in [0, 0.1) is 12.3 Å². The third kappa shape index (κ3) is 9.91. The minimum atomic E-state index is -0.635. The Morgan fingerprint density at radius 3 is 2.33 bits per heavy atom. The van der Waals surface area contributed by atoms with Crippen molar-refractivity contribution in [3.63, 3.8) is 0 Å². The third-order valence-electron chi connectivity index (χ3n) is 10.7. The fourth-order valence-corrected chi connectivity index (χ4v) is 7.26. The van der Waals surface area contributed by atoms with Crippen molar-refractivity contribution in [2.24, 2.45) is 5.41 Å². The van der Waals surface area contributed by atoms with Gasteiger partial charge in [-0.15, -0.1) is 0 Å². The number of likely N-dealkylation sites (tertiary alicyclic amines) is 1. The molecule has 1 unspecified atom stereocenters. The summed E-state index contributed by atoms with van der Waals surface area (Å²) in [6.45, 7) is 3.53. The lowest BCUT2D eigenvalue weighted by Crippen LogP contribution is -2.54. The maximum Gasteiger partial charge on any atom is 0.276 e. The number of nitrogens with one attached hydrogen (secondary N) is 5. The fourth-order valence-electron chi connectivity index (χ4n) is 7.26. The average molecular weight is 708 g/mol. The first kappa shape index (κ1) is 37.9. The van der Waals surface area contributed by atoms with Crippen LogP contribution in [0.3, 0.4) is 0 Å². The molecule has 3 aliphatic rings. The summed E-state index contributed by atoms with van der Waals surface area (Å²) in [5.74, 6) is 0.481. The lowest BCUT2D eigenvalue weighted by atomic mass is 9.79. The van der Waals surface area contributed by atoms with Gasteiger partial charge in [0.25, 0.3) is 5.56 Å². The SMILES string of the molecule is CNC1(n2c(C=O)c(C)cc(Nc3cc(NCCC(=O)NCCCCCCC(=O)NCC(=O)N4CCC(O)C4)ncn3)c2=O)CCC2(CC2)CC1. The van der Waals surface area contributed by atoms with Gasteiger partial charge in [-0.05, 0) is 88.8 Å². The fraction of sp³-hybridized carbons (Fsp3) is 0.639. The summed E-state index contributed by atoms with van der Waals surface area (Å²) in [6, 6.07) is 3.36. The Kier molecular flexibility index (Phi) is 12.8. The molecule has 278 valence electrons. The first-order valence-electron chi connectivity index (χ1n) is 18.3. The van der Waals surface area contributed by atoms with E-state index in [1.54, 1.807) is 21.6 Å². The number of pyridine rings is 1. The zero-order valence-corrected chi connectivity index (χ0v) is 29.9. The highest BCUT2D eigenvalue weighted by molar-refractivity contribution is 5.85. The molecule has 2 aromatic heterocycles. The van der Waals surface area contributed by atoms with Gasteiger partial charge in [-0.3, -0.25) is 33.9 Å². The van der Waals surface area contributed by atoms with E-state index in [2.05, 4.69) is 36.6 Å². The summed E-state index contributed by atoms with van der Waals surface area (Å²) in [5.41, 5.74) is 0.877. The summed E-state index contributed by atoms with van der Waals surface area (Å²) in [4.78, 5) is 72.7. The highest BCUT2D eigenvalue weighted by atomic mass is 16.3. The number of nitrogens with zero attached hydrogens (tertiary/aromatic N) is 4. The van der Waals surface area contributed by atoms with E-state index in [4.69, 9.17) is 0 Å². The Balaban J connectivity index is 1.01. The van der Waals surface area contributed by atoms with Gasteiger partial charge >= 0.3 is 0 Å². The van der Waals surface area contributed by atoms with Crippen molar-refractivity contribution in [3.05, 3.63) is 40.1 Å². The molecule has 15 heteroatoms. The highest BCUT2D eigenvalue weighted by Gasteiger charge is 2.50. The van der Waals surface area contributed by atoms with Crippen molar-refractivity contribution in [2.45, 2.75) is 102 Å². The van der Waals surface area contributed by atoms with Crippen molar-refractivity contribution >= 4 is 41.3 Å². The van der Waals surface area contributed by atoms with Crippen LogP contribution < -0.4 is 32.1 Å². The summed E-state index contributed by atoms with van der Waals surface area (Å²) >= 11 is 0. The Morgan fingerprint density at radius 1 is 0.941 bits per heavy atom. The van der Waals surface area contributed by atoms with Gasteiger partial charge in [-0.25, -0.2) is 9.97 Å². The van der Waals surface area contributed by atoms with Crippen LogP contribution in [0.5, 0.6) is 0 Å². The lowest BCUT2D eigenvalue weighted by Gasteiger charge is -2.43. The van der Waals surface area contributed by atoms with E-state index in [0.29, 0.717) is 79.4 Å². The number of aliphatic hydroxyl groups excluding tert-OH is 1. The number of β-amino-alcohol motifs (C(OH)–C–C–N with tert-alkyl or cyclic N) is 1. The number of aryl methyl sites for hydroxylation is 1. The number of amides is 3. The number of aliphatic hydroxyl groups is 1. The number of aromatic nitrogens is 3. The molecule has 0 bridgehead atoms. The first-order chi connectivity index (χ1) is 24.6. The van der Waals surface area contributed by atoms with Crippen LogP contribution in [-0.4, -0.2) is 94.4 Å². The zero-order valence-electron chi connectivity index (χ0n) is 29.9. The molecule has 0 radical (unpaired) electrons. The molecule has 2 aromatic rings. The molecule has 1 atom stereocenters. The quantitative estimate of drug-likeness (QED) is 0.0982. The monoisotopic (exact) mass is 707 g/mol. The standard InChI is InChI=1S/C36H53N9O6/c1-25-19-27(34(51)45(28(25)23-46)36(37-2)14-12-35(10-11-35)13-15-36)43-30-20-29(41-24-42-30)38-17-8-32(49)39-16-6-4-3-5-7-31(48)40-21-33(50)44-18-9-26(47)22-44/h19-20,23-24,26,37,47H,3-18,21-22H2,1-2H3,(H,39,49)(H,40,48)(H2,38,41,42,43). The predicted octanol–water partition coefficient (Wildman–Crippen LogP) is 2.31. The number of hydrogen-bond donors (Lipinski definition) is 6. The number of unbranched alkanes of at least 4 members (excludes halogenated alkanes) is 3. The summed E-state index contributed by atoms with van der Waals surface area (Å²) in [5, 5.41) is 24.8. The van der Waals surface area contributed by atoms with Crippen molar-refractivity contribution in [1.82, 2.24) is 35.4 Å². The molecule has 51 heavy (non-hydrogen) atoms. The minimum Gasteiger partial charge on any atom is -0.391 e. The molecule has 1 saturated heterocycles. The molecule has 2 saturated carbocycles. The minimum absolute atomic E-state index is 0.0420. The number of aldehydes is 1. The number of rotatable bonds is 18. The zero-order chi connectivity index (χ0) is 36.4. The number of anilines is 3. The van der Waals surface area contributed by atoms with Gasteiger partial charge in [0.1, 0.15) is 23.7 Å². The van der Waals surface area contributed by atoms with E-state index in [1.807, 2.05) is 14.0 Å². The maximum atomic E-state index is 13.9. The van der Waals surface area contributed by atoms with Gasteiger partial charge in [-0.2, -0.15) is 0 Å². The van der Waals surface area contributed by atoms with E-state index in [9.17, 15) is 29.1 Å². The number of hydrogen-bond acceptors (Lipinski definition) is 11. The first-order valence-corrected chi connectivity index (χ1v) is 18.3. The van der Waals surface area contributed by atoms with Crippen LogP contribution in [-0.2, 0) is 20.0 Å². The molecular formula is C36H53N9O6. The Morgan fingerprint density at radius 2 is 1.65 bits per heavy atom. The van der Waals surface area contributed by atoms with Crippen molar-refractivity contribution in [3.8, 4) is 0 Å². The van der Waals surface area contributed by atoms with E-state index in [-0.39, 0.29) is 36.2 Å². The van der Waals surface area contributed by atoms with Crippen LogP contribution >= 0.6 is 0 Å². The number of carbonyl (C=O) groups is 4. The van der Waals surface area contributed by atoms with Crippen LogP contribution in [0.2, 0.25) is 0 Å². The van der Waals surface area contributed by atoms with Gasteiger partial charge in [0, 0.05) is 45.1 Å². The van der Waals surface area contributed by atoms with E-state index < -0.39 is 11.8 Å². The second kappa shape index (κ2) is 17.2. The van der Waals surface area contributed by atoms with Crippen LogP contribution in [0.4, 0.5) is 17.3 Å². The van der Waals surface area contributed by atoms with Crippen LogP contribution in [0.25, 0.3) is 0 Å². The largest absolute Gasteiger partial charge is 0.391 e.